The SMILES string of the molecule is Cc1nc(CSc2ccccc2C(=O)Nc2ccc3nc(N4CCOCC4)sc3c2)cs1. The summed E-state index contributed by atoms with van der Waals surface area (Å²) in [5.41, 5.74) is 3.43. The van der Waals surface area contributed by atoms with Crippen molar-refractivity contribution < 1.29 is 9.53 Å². The normalized spacial score (nSPS) is 14.1. The highest BCUT2D eigenvalue weighted by Gasteiger charge is 2.17. The molecule has 5 rings (SSSR count). The topological polar surface area (TPSA) is 67.4 Å². The molecule has 0 radical (unpaired) electrons. The van der Waals surface area contributed by atoms with Gasteiger partial charge in [-0.2, -0.15) is 0 Å². The lowest BCUT2D eigenvalue weighted by Gasteiger charge is -2.25. The fraction of sp³-hybridized carbons (Fsp3) is 0.261. The standard InChI is InChI=1S/C23H22N4O2S3/c1-15-24-17(13-30-15)14-31-20-5-3-2-4-18(20)22(28)25-16-6-7-19-21(12-16)32-23(26-19)27-8-10-29-11-9-27/h2-7,12-13H,8-11,14H2,1H3,(H,25,28). The first-order chi connectivity index (χ1) is 15.7. The Morgan fingerprint density at radius 2 is 2.03 bits per heavy atom. The van der Waals surface area contributed by atoms with Gasteiger partial charge in [0.25, 0.3) is 5.91 Å². The summed E-state index contributed by atoms with van der Waals surface area (Å²) in [6, 6.07) is 13.6. The number of carbonyl (C=O) groups excluding carboxylic acids is 1. The first kappa shape index (κ1) is 21.4. The molecule has 0 saturated carbocycles. The molecule has 9 heteroatoms. The number of morpholine rings is 1. The minimum atomic E-state index is -0.111. The highest BCUT2D eigenvalue weighted by molar-refractivity contribution is 7.98. The van der Waals surface area contributed by atoms with E-state index in [2.05, 4.69) is 20.6 Å². The molecular weight excluding hydrogens is 460 g/mol. The van der Waals surface area contributed by atoms with Crippen molar-refractivity contribution in [2.75, 3.05) is 36.5 Å². The molecule has 3 heterocycles. The maximum Gasteiger partial charge on any atom is 0.256 e. The van der Waals surface area contributed by atoms with Crippen molar-refractivity contribution in [3.63, 3.8) is 0 Å². The van der Waals surface area contributed by atoms with Gasteiger partial charge in [-0.05, 0) is 37.3 Å². The number of ether oxygens (including phenoxy) is 1. The van der Waals surface area contributed by atoms with Crippen LogP contribution in [0.4, 0.5) is 10.8 Å². The first-order valence-electron chi connectivity index (χ1n) is 10.3. The minimum Gasteiger partial charge on any atom is -0.378 e. The van der Waals surface area contributed by atoms with Crippen LogP contribution >= 0.6 is 34.4 Å². The van der Waals surface area contributed by atoms with Crippen LogP contribution in [0.3, 0.4) is 0 Å². The van der Waals surface area contributed by atoms with Crippen LogP contribution in [0.15, 0.2) is 52.7 Å². The number of hydrogen-bond acceptors (Lipinski definition) is 8. The molecule has 2 aromatic carbocycles. The van der Waals surface area contributed by atoms with Crippen LogP contribution in [0.5, 0.6) is 0 Å². The van der Waals surface area contributed by atoms with E-state index in [-0.39, 0.29) is 5.91 Å². The molecule has 4 aromatic rings. The van der Waals surface area contributed by atoms with Crippen LogP contribution in [0.1, 0.15) is 21.1 Å². The molecule has 0 bridgehead atoms. The van der Waals surface area contributed by atoms with E-state index in [0.29, 0.717) is 5.56 Å². The van der Waals surface area contributed by atoms with Crippen molar-refractivity contribution in [2.24, 2.45) is 0 Å². The number of thioether (sulfide) groups is 1. The lowest BCUT2D eigenvalue weighted by molar-refractivity contribution is 0.102. The van der Waals surface area contributed by atoms with Crippen LogP contribution in [0.25, 0.3) is 10.2 Å². The van der Waals surface area contributed by atoms with E-state index in [1.807, 2.05) is 49.4 Å². The Morgan fingerprint density at radius 1 is 1.19 bits per heavy atom. The fourth-order valence-electron chi connectivity index (χ4n) is 3.48. The van der Waals surface area contributed by atoms with Gasteiger partial charge in [0.1, 0.15) is 0 Å². The van der Waals surface area contributed by atoms with Crippen LogP contribution in [-0.4, -0.2) is 42.2 Å². The number of thiazole rings is 2. The summed E-state index contributed by atoms with van der Waals surface area (Å²) in [4.78, 5) is 25.5. The third kappa shape index (κ3) is 4.80. The zero-order chi connectivity index (χ0) is 21.9. The lowest BCUT2D eigenvalue weighted by atomic mass is 10.2. The summed E-state index contributed by atoms with van der Waals surface area (Å²) in [5, 5.41) is 7.19. The average Bonchev–Trinajstić information content (AvgIpc) is 3.44. The smallest absolute Gasteiger partial charge is 0.256 e. The highest BCUT2D eigenvalue weighted by atomic mass is 32.2. The Morgan fingerprint density at radius 3 is 2.84 bits per heavy atom. The Balaban J connectivity index is 1.31. The monoisotopic (exact) mass is 482 g/mol. The van der Waals surface area contributed by atoms with Gasteiger partial charge >= 0.3 is 0 Å². The van der Waals surface area contributed by atoms with Crippen molar-refractivity contribution in [2.45, 2.75) is 17.6 Å². The summed E-state index contributed by atoms with van der Waals surface area (Å²) in [6.45, 7) is 5.19. The Kier molecular flexibility index (Phi) is 6.40. The number of benzene rings is 2. The molecule has 1 fully saturated rings. The van der Waals surface area contributed by atoms with Crippen molar-refractivity contribution in [3.05, 3.63) is 64.1 Å². The fourth-order valence-corrected chi connectivity index (χ4v) is 6.20. The molecule has 0 unspecified atom stereocenters. The van der Waals surface area contributed by atoms with Gasteiger partial charge in [0.05, 0.1) is 39.7 Å². The van der Waals surface area contributed by atoms with E-state index in [1.165, 1.54) is 0 Å². The van der Waals surface area contributed by atoms with Crippen LogP contribution < -0.4 is 10.2 Å². The number of amides is 1. The highest BCUT2D eigenvalue weighted by Crippen LogP contribution is 2.32. The maximum absolute atomic E-state index is 13.1. The number of hydrogen-bond donors (Lipinski definition) is 1. The third-order valence-corrected chi connectivity index (χ3v) is 8.10. The Bertz CT molecular complexity index is 1250. The molecule has 6 nitrogen and oxygen atoms in total. The summed E-state index contributed by atoms with van der Waals surface area (Å²) >= 11 is 4.93. The van der Waals surface area contributed by atoms with E-state index in [1.54, 1.807) is 34.4 Å². The molecule has 164 valence electrons. The van der Waals surface area contributed by atoms with E-state index in [0.717, 1.165) is 68.7 Å². The molecule has 32 heavy (non-hydrogen) atoms. The van der Waals surface area contributed by atoms with Gasteiger partial charge in [-0.3, -0.25) is 4.79 Å². The molecule has 1 aliphatic heterocycles. The molecule has 2 aromatic heterocycles. The van der Waals surface area contributed by atoms with Crippen molar-refractivity contribution >= 4 is 61.4 Å². The molecule has 0 aliphatic carbocycles. The van der Waals surface area contributed by atoms with Gasteiger partial charge in [0, 0.05) is 34.8 Å². The van der Waals surface area contributed by atoms with Crippen LogP contribution in [0.2, 0.25) is 0 Å². The average molecular weight is 483 g/mol. The van der Waals surface area contributed by atoms with Crippen LogP contribution in [0, 0.1) is 6.92 Å². The second-order valence-electron chi connectivity index (χ2n) is 7.38. The summed E-state index contributed by atoms with van der Waals surface area (Å²) in [7, 11) is 0. The molecular formula is C23H22N4O2S3. The van der Waals surface area contributed by atoms with E-state index >= 15 is 0 Å². The maximum atomic E-state index is 13.1. The molecule has 0 spiro atoms. The van der Waals surface area contributed by atoms with Gasteiger partial charge in [-0.1, -0.05) is 23.5 Å². The van der Waals surface area contributed by atoms with Gasteiger partial charge in [0.15, 0.2) is 5.13 Å². The quantitative estimate of drug-likeness (QED) is 0.369. The molecule has 1 N–H and O–H groups in total. The molecule has 1 amide bonds. The predicted molar refractivity (Wildman–Crippen MR) is 133 cm³/mol. The first-order valence-corrected chi connectivity index (χ1v) is 13.0. The van der Waals surface area contributed by atoms with Gasteiger partial charge in [0.2, 0.25) is 0 Å². The number of aromatic nitrogens is 2. The second-order valence-corrected chi connectivity index (χ2v) is 10.5. The zero-order valence-corrected chi connectivity index (χ0v) is 20.0. The summed E-state index contributed by atoms with van der Waals surface area (Å²) in [6.07, 6.45) is 0. The summed E-state index contributed by atoms with van der Waals surface area (Å²) < 4.78 is 6.50. The van der Waals surface area contributed by atoms with E-state index < -0.39 is 0 Å². The van der Waals surface area contributed by atoms with E-state index in [9.17, 15) is 4.79 Å². The number of carbonyl (C=O) groups is 1. The number of aryl methyl sites for hydroxylation is 1. The van der Waals surface area contributed by atoms with Crippen molar-refractivity contribution in [1.82, 2.24) is 9.97 Å². The number of rotatable bonds is 6. The predicted octanol–water partition coefficient (Wildman–Crippen LogP) is 5.44. The van der Waals surface area contributed by atoms with Gasteiger partial charge in [-0.15, -0.1) is 23.1 Å². The van der Waals surface area contributed by atoms with Crippen LogP contribution in [-0.2, 0) is 10.5 Å². The third-order valence-electron chi connectivity index (χ3n) is 5.09. The molecule has 1 saturated heterocycles. The number of nitrogens with zero attached hydrogens (tertiary/aromatic N) is 3. The Labute approximate surface area is 198 Å². The number of fused-ring (bicyclic) bond motifs is 1. The molecule has 0 atom stereocenters. The number of anilines is 2. The zero-order valence-electron chi connectivity index (χ0n) is 17.5. The van der Waals surface area contributed by atoms with E-state index in [4.69, 9.17) is 9.72 Å². The Hall–Kier alpha value is -2.46. The largest absolute Gasteiger partial charge is 0.378 e. The summed E-state index contributed by atoms with van der Waals surface area (Å²) in [5.74, 6) is 0.631. The second kappa shape index (κ2) is 9.58. The number of nitrogens with one attached hydrogen (secondary N) is 1. The van der Waals surface area contributed by atoms with Crippen molar-refractivity contribution in [1.29, 1.82) is 0 Å². The van der Waals surface area contributed by atoms with Gasteiger partial charge < -0.3 is 15.0 Å². The minimum absolute atomic E-state index is 0.111. The lowest BCUT2D eigenvalue weighted by Crippen LogP contribution is -2.36. The van der Waals surface area contributed by atoms with Gasteiger partial charge in [-0.25, -0.2) is 9.97 Å². The molecule has 1 aliphatic rings. The van der Waals surface area contributed by atoms with Crippen molar-refractivity contribution in [3.8, 4) is 0 Å².